The summed E-state index contributed by atoms with van der Waals surface area (Å²) in [4.78, 5) is 4.24. The van der Waals surface area contributed by atoms with Crippen LogP contribution in [0, 0.1) is 0 Å². The summed E-state index contributed by atoms with van der Waals surface area (Å²) in [6.45, 7) is 2.40. The van der Waals surface area contributed by atoms with Crippen molar-refractivity contribution in [2.24, 2.45) is 4.99 Å². The van der Waals surface area contributed by atoms with Gasteiger partial charge in [-0.25, -0.2) is 0 Å². The molecule has 4 nitrogen and oxygen atoms in total. The molecule has 0 amide bonds. The largest absolute Gasteiger partial charge is 0.383 e. The topological polar surface area (TPSA) is 45.7 Å². The summed E-state index contributed by atoms with van der Waals surface area (Å²) >= 11 is 0. The quantitative estimate of drug-likeness (QED) is 0.490. The van der Waals surface area contributed by atoms with Gasteiger partial charge in [-0.2, -0.15) is 0 Å². The number of hydrogen-bond donors (Lipinski definition) is 2. The Hall–Kier alpha value is -1.55. The smallest absolute Gasteiger partial charge is 0.191 e. The van der Waals surface area contributed by atoms with Gasteiger partial charge in [0, 0.05) is 33.2 Å². The van der Waals surface area contributed by atoms with Crippen LogP contribution in [0.2, 0.25) is 0 Å². The predicted octanol–water partition coefficient (Wildman–Crippen LogP) is 1.92. The molecule has 4 heteroatoms. The van der Waals surface area contributed by atoms with Crippen molar-refractivity contribution in [1.29, 1.82) is 0 Å². The first kappa shape index (κ1) is 14.9. The number of rotatable bonds is 5. The van der Waals surface area contributed by atoms with E-state index in [0.29, 0.717) is 12.5 Å². The number of aliphatic imine (C=N–C) groups is 1. The third kappa shape index (κ3) is 3.97. The van der Waals surface area contributed by atoms with E-state index >= 15 is 0 Å². The van der Waals surface area contributed by atoms with Crippen molar-refractivity contribution in [1.82, 2.24) is 10.6 Å². The molecule has 0 fully saturated rings. The second kappa shape index (κ2) is 7.90. The zero-order valence-electron chi connectivity index (χ0n) is 12.5. The van der Waals surface area contributed by atoms with E-state index in [0.717, 1.165) is 19.0 Å². The lowest BCUT2D eigenvalue weighted by Crippen LogP contribution is -2.41. The van der Waals surface area contributed by atoms with Gasteiger partial charge >= 0.3 is 0 Å². The van der Waals surface area contributed by atoms with Crippen LogP contribution in [-0.2, 0) is 11.2 Å². The predicted molar refractivity (Wildman–Crippen MR) is 83.4 cm³/mol. The first-order chi connectivity index (χ1) is 9.85. The number of guanidine groups is 1. The van der Waals surface area contributed by atoms with Crippen LogP contribution < -0.4 is 10.6 Å². The lowest BCUT2D eigenvalue weighted by molar-refractivity contribution is 0.203. The molecule has 1 unspecified atom stereocenters. The van der Waals surface area contributed by atoms with Crippen LogP contribution in [0.25, 0.3) is 0 Å². The number of hydrogen-bond acceptors (Lipinski definition) is 2. The molecule has 20 heavy (non-hydrogen) atoms. The molecule has 0 spiro atoms. The Bertz CT molecular complexity index is 445. The molecular formula is C16H25N3O. The maximum Gasteiger partial charge on any atom is 0.191 e. The molecule has 0 aromatic heterocycles. The van der Waals surface area contributed by atoms with Crippen molar-refractivity contribution in [3.63, 3.8) is 0 Å². The zero-order valence-corrected chi connectivity index (χ0v) is 12.5. The molecule has 1 aromatic carbocycles. The zero-order chi connectivity index (χ0) is 14.2. The number of methoxy groups -OCH3 is 1. The van der Waals surface area contributed by atoms with Crippen molar-refractivity contribution in [3.05, 3.63) is 35.4 Å². The minimum atomic E-state index is 0.584. The molecule has 1 aromatic rings. The number of fused-ring (bicyclic) bond motifs is 1. The lowest BCUT2D eigenvalue weighted by atomic mass is 9.83. The van der Waals surface area contributed by atoms with E-state index in [1.807, 2.05) is 0 Å². The molecule has 0 saturated carbocycles. The standard InChI is InChI=1S/C16H25N3O/c1-17-16(18-10-11-20-2)19-12-14-8-5-7-13-6-3-4-9-15(13)14/h3-4,6,9,14H,5,7-8,10-12H2,1-2H3,(H2,17,18,19). The molecule has 0 heterocycles. The molecule has 2 N–H and O–H groups in total. The fraction of sp³-hybridized carbons (Fsp3) is 0.562. The van der Waals surface area contributed by atoms with Gasteiger partial charge in [0.1, 0.15) is 0 Å². The fourth-order valence-electron chi connectivity index (χ4n) is 2.78. The highest BCUT2D eigenvalue weighted by Gasteiger charge is 2.19. The molecule has 0 radical (unpaired) electrons. The highest BCUT2D eigenvalue weighted by Crippen LogP contribution is 2.30. The van der Waals surface area contributed by atoms with Crippen molar-refractivity contribution in [2.45, 2.75) is 25.2 Å². The van der Waals surface area contributed by atoms with Crippen LogP contribution in [0.3, 0.4) is 0 Å². The van der Waals surface area contributed by atoms with Gasteiger partial charge in [-0.3, -0.25) is 4.99 Å². The Kier molecular flexibility index (Phi) is 5.87. The summed E-state index contributed by atoms with van der Waals surface area (Å²) in [5.74, 6) is 1.44. The first-order valence-corrected chi connectivity index (χ1v) is 7.36. The van der Waals surface area contributed by atoms with Crippen LogP contribution in [0.1, 0.15) is 29.9 Å². The fourth-order valence-corrected chi connectivity index (χ4v) is 2.78. The number of ether oxygens (including phenoxy) is 1. The van der Waals surface area contributed by atoms with Gasteiger partial charge in [0.15, 0.2) is 5.96 Å². The Morgan fingerprint density at radius 2 is 2.20 bits per heavy atom. The Morgan fingerprint density at radius 3 is 3.00 bits per heavy atom. The van der Waals surface area contributed by atoms with E-state index in [2.05, 4.69) is 39.9 Å². The third-order valence-electron chi connectivity index (χ3n) is 3.83. The molecule has 0 aliphatic heterocycles. The average Bonchev–Trinajstić information content (AvgIpc) is 2.50. The normalized spacial score (nSPS) is 18.5. The van der Waals surface area contributed by atoms with Gasteiger partial charge in [-0.1, -0.05) is 24.3 Å². The van der Waals surface area contributed by atoms with Crippen LogP contribution >= 0.6 is 0 Å². The summed E-state index contributed by atoms with van der Waals surface area (Å²) in [5, 5.41) is 6.67. The molecule has 0 saturated heterocycles. The van der Waals surface area contributed by atoms with Gasteiger partial charge in [0.05, 0.1) is 6.61 Å². The maximum absolute atomic E-state index is 5.03. The second-order valence-electron chi connectivity index (χ2n) is 5.16. The Labute approximate surface area is 121 Å². The van der Waals surface area contributed by atoms with Gasteiger partial charge in [0.2, 0.25) is 0 Å². The summed E-state index contributed by atoms with van der Waals surface area (Å²) in [6.07, 6.45) is 3.74. The number of aryl methyl sites for hydroxylation is 1. The highest BCUT2D eigenvalue weighted by molar-refractivity contribution is 5.79. The molecule has 1 atom stereocenters. The van der Waals surface area contributed by atoms with Crippen molar-refractivity contribution in [3.8, 4) is 0 Å². The van der Waals surface area contributed by atoms with E-state index in [-0.39, 0.29) is 0 Å². The monoisotopic (exact) mass is 275 g/mol. The summed E-state index contributed by atoms with van der Waals surface area (Å²) in [6, 6.07) is 8.80. The number of nitrogens with zero attached hydrogens (tertiary/aromatic N) is 1. The highest BCUT2D eigenvalue weighted by atomic mass is 16.5. The summed E-state index contributed by atoms with van der Waals surface area (Å²) < 4.78 is 5.03. The number of benzene rings is 1. The molecule has 110 valence electrons. The second-order valence-corrected chi connectivity index (χ2v) is 5.16. The van der Waals surface area contributed by atoms with Gasteiger partial charge in [-0.05, 0) is 30.4 Å². The van der Waals surface area contributed by atoms with E-state index in [4.69, 9.17) is 4.74 Å². The Balaban J connectivity index is 1.88. The molecule has 0 bridgehead atoms. The number of nitrogens with one attached hydrogen (secondary N) is 2. The van der Waals surface area contributed by atoms with E-state index in [9.17, 15) is 0 Å². The van der Waals surface area contributed by atoms with Gasteiger partial charge in [0.25, 0.3) is 0 Å². The Morgan fingerprint density at radius 1 is 1.35 bits per heavy atom. The van der Waals surface area contributed by atoms with Gasteiger partial charge in [-0.15, -0.1) is 0 Å². The van der Waals surface area contributed by atoms with Crippen LogP contribution in [0.15, 0.2) is 29.3 Å². The molecular weight excluding hydrogens is 250 g/mol. The maximum atomic E-state index is 5.03. The van der Waals surface area contributed by atoms with Crippen LogP contribution in [-0.4, -0.2) is 39.8 Å². The minimum Gasteiger partial charge on any atom is -0.383 e. The lowest BCUT2D eigenvalue weighted by Gasteiger charge is -2.26. The average molecular weight is 275 g/mol. The van der Waals surface area contributed by atoms with E-state index in [1.165, 1.54) is 30.4 Å². The minimum absolute atomic E-state index is 0.584. The SMILES string of the molecule is CN=C(NCCOC)NCC1CCCc2ccccc21. The first-order valence-electron chi connectivity index (χ1n) is 7.36. The molecule has 1 aliphatic carbocycles. The van der Waals surface area contributed by atoms with E-state index in [1.54, 1.807) is 14.2 Å². The van der Waals surface area contributed by atoms with Crippen molar-refractivity contribution >= 4 is 5.96 Å². The van der Waals surface area contributed by atoms with Crippen molar-refractivity contribution in [2.75, 3.05) is 33.9 Å². The van der Waals surface area contributed by atoms with E-state index < -0.39 is 0 Å². The summed E-state index contributed by atoms with van der Waals surface area (Å²) in [7, 11) is 3.51. The third-order valence-corrected chi connectivity index (χ3v) is 3.83. The van der Waals surface area contributed by atoms with Crippen LogP contribution in [0.4, 0.5) is 0 Å². The molecule has 2 rings (SSSR count). The molecule has 1 aliphatic rings. The van der Waals surface area contributed by atoms with Crippen LogP contribution in [0.5, 0.6) is 0 Å². The van der Waals surface area contributed by atoms with Crippen molar-refractivity contribution < 1.29 is 4.74 Å². The summed E-state index contributed by atoms with van der Waals surface area (Å²) in [5.41, 5.74) is 3.01. The van der Waals surface area contributed by atoms with Gasteiger partial charge < -0.3 is 15.4 Å².